The molecule has 0 saturated carbocycles. The quantitative estimate of drug-likeness (QED) is 0.627. The minimum Gasteiger partial charge on any atom is -0.493 e. The molecule has 1 N–H and O–H groups in total. The summed E-state index contributed by atoms with van der Waals surface area (Å²) in [7, 11) is 3.19. The molecule has 0 atom stereocenters. The van der Waals surface area contributed by atoms with Crippen LogP contribution in [0.5, 0.6) is 17.2 Å². The Balaban J connectivity index is 1.66. The van der Waals surface area contributed by atoms with Crippen molar-refractivity contribution in [2.75, 3.05) is 32.3 Å². The lowest BCUT2D eigenvalue weighted by Crippen LogP contribution is -2.25. The Labute approximate surface area is 165 Å². The summed E-state index contributed by atoms with van der Waals surface area (Å²) in [6.07, 6.45) is 0. The maximum Gasteiger partial charge on any atom is 0.230 e. The van der Waals surface area contributed by atoms with Gasteiger partial charge in [0.05, 0.1) is 26.6 Å². The van der Waals surface area contributed by atoms with Crippen LogP contribution in [0.1, 0.15) is 16.7 Å². The minimum absolute atomic E-state index is 0.00110. The molecule has 0 aromatic heterocycles. The van der Waals surface area contributed by atoms with Crippen molar-refractivity contribution in [1.29, 1.82) is 0 Å². The number of carbonyl (C=O) groups excluding carboxylic acids is 1. The third-order valence-corrected chi connectivity index (χ3v) is 4.78. The van der Waals surface area contributed by atoms with Crippen molar-refractivity contribution < 1.29 is 19.0 Å². The molecule has 0 aliphatic carbocycles. The van der Waals surface area contributed by atoms with Gasteiger partial charge in [-0.15, -0.1) is 11.8 Å². The average Bonchev–Trinajstić information content (AvgIpc) is 2.65. The van der Waals surface area contributed by atoms with Gasteiger partial charge in [0.2, 0.25) is 5.91 Å². The van der Waals surface area contributed by atoms with Gasteiger partial charge in [0.25, 0.3) is 0 Å². The lowest BCUT2D eigenvalue weighted by molar-refractivity contribution is -0.118. The Morgan fingerprint density at radius 3 is 2.37 bits per heavy atom. The predicted octanol–water partition coefficient (Wildman–Crippen LogP) is 3.75. The van der Waals surface area contributed by atoms with E-state index in [0.717, 1.165) is 17.1 Å². The number of hydrogen-bond acceptors (Lipinski definition) is 5. The molecule has 0 aliphatic rings. The number of nitrogens with one attached hydrogen (secondary N) is 1. The molecule has 0 radical (unpaired) electrons. The maximum absolute atomic E-state index is 12.0. The van der Waals surface area contributed by atoms with Gasteiger partial charge in [0.1, 0.15) is 5.75 Å². The minimum atomic E-state index is 0.00110. The van der Waals surface area contributed by atoms with Gasteiger partial charge >= 0.3 is 0 Å². The largest absolute Gasteiger partial charge is 0.493 e. The van der Waals surface area contributed by atoms with Crippen molar-refractivity contribution in [2.45, 2.75) is 20.4 Å². The number of hydrogen-bond donors (Lipinski definition) is 1. The number of amides is 1. The maximum atomic E-state index is 12.0. The molecule has 6 heteroatoms. The van der Waals surface area contributed by atoms with Crippen molar-refractivity contribution in [3.05, 3.63) is 53.1 Å². The number of rotatable bonds is 10. The molecule has 2 rings (SSSR count). The monoisotopic (exact) mass is 389 g/mol. The fraction of sp³-hybridized carbons (Fsp3) is 0.381. The predicted molar refractivity (Wildman–Crippen MR) is 110 cm³/mol. The molecule has 5 nitrogen and oxygen atoms in total. The second-order valence-corrected chi connectivity index (χ2v) is 7.30. The van der Waals surface area contributed by atoms with Crippen LogP contribution in [0, 0.1) is 13.8 Å². The third kappa shape index (κ3) is 7.06. The molecule has 0 aliphatic heterocycles. The molecule has 0 bridgehead atoms. The Hall–Kier alpha value is -2.34. The van der Waals surface area contributed by atoms with Crippen LogP contribution in [-0.4, -0.2) is 38.2 Å². The summed E-state index contributed by atoms with van der Waals surface area (Å²) in [5, 5.41) is 2.91. The lowest BCUT2D eigenvalue weighted by atomic mass is 10.1. The number of carbonyl (C=O) groups is 1. The molecular formula is C21H27NO4S. The first-order chi connectivity index (χ1) is 13.0. The van der Waals surface area contributed by atoms with E-state index < -0.39 is 0 Å². The van der Waals surface area contributed by atoms with Crippen LogP contribution in [0.2, 0.25) is 0 Å². The van der Waals surface area contributed by atoms with Crippen molar-refractivity contribution in [3.63, 3.8) is 0 Å². The van der Waals surface area contributed by atoms with Crippen LogP contribution in [0.25, 0.3) is 0 Å². The molecule has 0 spiro atoms. The SMILES string of the molecule is COc1ccc(CNC(=O)CSCCOc2cc(C)cc(C)c2)cc1OC. The summed E-state index contributed by atoms with van der Waals surface area (Å²) in [4.78, 5) is 12.0. The number of benzene rings is 2. The van der Waals surface area contributed by atoms with Crippen molar-refractivity contribution in [2.24, 2.45) is 0 Å². The first-order valence-corrected chi connectivity index (χ1v) is 9.93. The number of thioether (sulfide) groups is 1. The number of ether oxygens (including phenoxy) is 3. The summed E-state index contributed by atoms with van der Waals surface area (Å²) in [5.74, 6) is 3.38. The second kappa shape index (κ2) is 10.7. The summed E-state index contributed by atoms with van der Waals surface area (Å²) in [6.45, 7) is 5.14. The van der Waals surface area contributed by atoms with E-state index in [4.69, 9.17) is 14.2 Å². The zero-order chi connectivity index (χ0) is 19.6. The van der Waals surface area contributed by atoms with Crippen LogP contribution in [0.3, 0.4) is 0 Å². The first kappa shape index (κ1) is 21.0. The van der Waals surface area contributed by atoms with Gasteiger partial charge in [-0.25, -0.2) is 0 Å². The number of aryl methyl sites for hydroxylation is 2. The van der Waals surface area contributed by atoms with Crippen LogP contribution in [0.15, 0.2) is 36.4 Å². The normalized spacial score (nSPS) is 10.4. The van der Waals surface area contributed by atoms with Gasteiger partial charge < -0.3 is 19.5 Å². The molecular weight excluding hydrogens is 362 g/mol. The van der Waals surface area contributed by atoms with Gasteiger partial charge in [0.15, 0.2) is 11.5 Å². The van der Waals surface area contributed by atoms with E-state index in [1.807, 2.05) is 30.3 Å². The van der Waals surface area contributed by atoms with E-state index in [1.54, 1.807) is 26.0 Å². The second-order valence-electron chi connectivity index (χ2n) is 6.19. The highest BCUT2D eigenvalue weighted by Crippen LogP contribution is 2.27. The summed E-state index contributed by atoms with van der Waals surface area (Å²) < 4.78 is 16.2. The van der Waals surface area contributed by atoms with E-state index in [0.29, 0.717) is 30.4 Å². The van der Waals surface area contributed by atoms with Crippen LogP contribution in [0.4, 0.5) is 0 Å². The molecule has 27 heavy (non-hydrogen) atoms. The summed E-state index contributed by atoms with van der Waals surface area (Å²) >= 11 is 1.56. The molecule has 146 valence electrons. The van der Waals surface area contributed by atoms with Gasteiger partial charge in [0, 0.05) is 12.3 Å². The van der Waals surface area contributed by atoms with Crippen LogP contribution < -0.4 is 19.5 Å². The fourth-order valence-corrected chi connectivity index (χ4v) is 3.27. The average molecular weight is 390 g/mol. The highest BCUT2D eigenvalue weighted by atomic mass is 32.2. The Bertz CT molecular complexity index is 744. The molecule has 1 amide bonds. The molecule has 0 heterocycles. The zero-order valence-electron chi connectivity index (χ0n) is 16.3. The van der Waals surface area contributed by atoms with E-state index in [1.165, 1.54) is 11.1 Å². The molecule has 2 aromatic carbocycles. The lowest BCUT2D eigenvalue weighted by Gasteiger charge is -2.10. The molecule has 0 unspecified atom stereocenters. The smallest absolute Gasteiger partial charge is 0.230 e. The van der Waals surface area contributed by atoms with E-state index in [9.17, 15) is 4.79 Å². The summed E-state index contributed by atoms with van der Waals surface area (Å²) in [5.41, 5.74) is 3.34. The van der Waals surface area contributed by atoms with Crippen molar-refractivity contribution >= 4 is 17.7 Å². The van der Waals surface area contributed by atoms with Crippen molar-refractivity contribution in [3.8, 4) is 17.2 Å². The molecule has 0 fully saturated rings. The number of methoxy groups -OCH3 is 2. The standard InChI is InChI=1S/C21H27NO4S/c1-15-9-16(2)11-18(10-15)26-7-8-27-14-21(23)22-13-17-5-6-19(24-3)20(12-17)25-4/h5-6,9-12H,7-8,13-14H2,1-4H3,(H,22,23). The van der Waals surface area contributed by atoms with E-state index in [-0.39, 0.29) is 5.91 Å². The Morgan fingerprint density at radius 1 is 1.00 bits per heavy atom. The molecule has 0 saturated heterocycles. The summed E-state index contributed by atoms with van der Waals surface area (Å²) in [6, 6.07) is 11.8. The first-order valence-electron chi connectivity index (χ1n) is 8.78. The fourth-order valence-electron chi connectivity index (χ4n) is 2.64. The Kier molecular flexibility index (Phi) is 8.33. The van der Waals surface area contributed by atoms with Gasteiger partial charge in [-0.05, 0) is 54.8 Å². The topological polar surface area (TPSA) is 56.8 Å². The van der Waals surface area contributed by atoms with Crippen LogP contribution in [-0.2, 0) is 11.3 Å². The van der Waals surface area contributed by atoms with Crippen molar-refractivity contribution in [1.82, 2.24) is 5.32 Å². The van der Waals surface area contributed by atoms with E-state index >= 15 is 0 Å². The Morgan fingerprint density at radius 2 is 1.70 bits per heavy atom. The highest BCUT2D eigenvalue weighted by Gasteiger charge is 2.06. The van der Waals surface area contributed by atoms with E-state index in [2.05, 4.69) is 25.2 Å². The van der Waals surface area contributed by atoms with Gasteiger partial charge in [-0.1, -0.05) is 12.1 Å². The zero-order valence-corrected chi connectivity index (χ0v) is 17.2. The van der Waals surface area contributed by atoms with Gasteiger partial charge in [-0.3, -0.25) is 4.79 Å². The highest BCUT2D eigenvalue weighted by molar-refractivity contribution is 7.99. The third-order valence-electron chi connectivity index (χ3n) is 3.86. The molecule has 2 aromatic rings. The van der Waals surface area contributed by atoms with Gasteiger partial charge in [-0.2, -0.15) is 0 Å². The van der Waals surface area contributed by atoms with Crippen LogP contribution >= 0.6 is 11.8 Å².